The van der Waals surface area contributed by atoms with Gasteiger partial charge in [-0.1, -0.05) is 30.3 Å². The molecule has 0 amide bonds. The summed E-state index contributed by atoms with van der Waals surface area (Å²) in [6.07, 6.45) is 4.28. The highest BCUT2D eigenvalue weighted by molar-refractivity contribution is 9.12. The number of rotatable bonds is 2. The third-order valence-electron chi connectivity index (χ3n) is 1.63. The summed E-state index contributed by atoms with van der Waals surface area (Å²) < 4.78 is 4.95. The van der Waals surface area contributed by atoms with E-state index in [1.807, 2.05) is 36.3 Å². The molecule has 0 N–H and O–H groups in total. The number of ether oxygens (including phenoxy) is 1. The van der Waals surface area contributed by atoms with Crippen LogP contribution >= 0.6 is 15.9 Å². The number of hydrogen-bond donors (Lipinski definition) is 0. The Morgan fingerprint density at radius 3 is 2.60 bits per heavy atom. The van der Waals surface area contributed by atoms with Gasteiger partial charge in [0.25, 0.3) is 0 Å². The SMILES string of the molecule is C#CC(=O)OC(C#CBr)c1ccccc1. The number of terminal acetylenes is 1. The van der Waals surface area contributed by atoms with E-state index in [0.717, 1.165) is 5.56 Å². The first-order chi connectivity index (χ1) is 7.27. The van der Waals surface area contributed by atoms with Gasteiger partial charge in [-0.3, -0.25) is 0 Å². The van der Waals surface area contributed by atoms with E-state index < -0.39 is 12.1 Å². The zero-order valence-corrected chi connectivity index (χ0v) is 9.32. The summed E-state index contributed by atoms with van der Waals surface area (Å²) >= 11 is 2.96. The van der Waals surface area contributed by atoms with Gasteiger partial charge in [-0.2, -0.15) is 0 Å². The van der Waals surface area contributed by atoms with Crippen molar-refractivity contribution in [3.05, 3.63) is 35.9 Å². The Labute approximate surface area is 96.8 Å². The fourth-order valence-corrected chi connectivity index (χ4v) is 1.21. The van der Waals surface area contributed by atoms with Crippen molar-refractivity contribution < 1.29 is 9.53 Å². The second kappa shape index (κ2) is 5.90. The lowest BCUT2D eigenvalue weighted by Crippen LogP contribution is -2.07. The highest BCUT2D eigenvalue weighted by Crippen LogP contribution is 2.16. The monoisotopic (exact) mass is 262 g/mol. The number of hydrogen-bond acceptors (Lipinski definition) is 2. The van der Waals surface area contributed by atoms with Gasteiger partial charge in [0.05, 0.1) is 0 Å². The lowest BCUT2D eigenvalue weighted by Gasteiger charge is -2.09. The van der Waals surface area contributed by atoms with Gasteiger partial charge in [0.15, 0.2) is 6.10 Å². The zero-order chi connectivity index (χ0) is 11.1. The van der Waals surface area contributed by atoms with Gasteiger partial charge in [0, 0.05) is 27.4 Å². The Morgan fingerprint density at radius 2 is 2.07 bits per heavy atom. The molecule has 0 aliphatic heterocycles. The van der Waals surface area contributed by atoms with Crippen molar-refractivity contribution in [2.45, 2.75) is 6.10 Å². The van der Waals surface area contributed by atoms with Crippen molar-refractivity contribution in [3.63, 3.8) is 0 Å². The predicted molar refractivity (Wildman–Crippen MR) is 60.8 cm³/mol. The van der Waals surface area contributed by atoms with E-state index in [2.05, 4.69) is 26.7 Å². The smallest absolute Gasteiger partial charge is 0.385 e. The molecule has 0 spiro atoms. The van der Waals surface area contributed by atoms with Gasteiger partial charge in [-0.25, -0.2) is 4.79 Å². The predicted octanol–water partition coefficient (Wildman–Crippen LogP) is 2.26. The van der Waals surface area contributed by atoms with Crippen LogP contribution in [0.1, 0.15) is 11.7 Å². The number of carbonyl (C=O) groups is 1. The summed E-state index contributed by atoms with van der Waals surface area (Å²) in [4.78, 5) is 13.4. The van der Waals surface area contributed by atoms with Crippen LogP contribution in [0.4, 0.5) is 0 Å². The largest absolute Gasteiger partial charge is 0.435 e. The van der Waals surface area contributed by atoms with E-state index in [4.69, 9.17) is 11.2 Å². The maximum absolute atomic E-state index is 10.9. The molecule has 1 atom stereocenters. The molecule has 0 aromatic heterocycles. The number of carbonyl (C=O) groups excluding carboxylic acids is 1. The topological polar surface area (TPSA) is 26.3 Å². The fourth-order valence-electron chi connectivity index (χ4n) is 0.999. The van der Waals surface area contributed by atoms with Crippen LogP contribution in [0.5, 0.6) is 0 Å². The quantitative estimate of drug-likeness (QED) is 0.464. The van der Waals surface area contributed by atoms with Crippen LogP contribution in [0.2, 0.25) is 0 Å². The molecule has 0 saturated heterocycles. The van der Waals surface area contributed by atoms with Gasteiger partial charge in [-0.15, -0.1) is 6.42 Å². The summed E-state index contributed by atoms with van der Waals surface area (Å²) in [6, 6.07) is 9.16. The van der Waals surface area contributed by atoms with Crippen molar-refractivity contribution in [2.75, 3.05) is 0 Å². The second-order valence-electron chi connectivity index (χ2n) is 2.58. The molecule has 1 rings (SSSR count). The van der Waals surface area contributed by atoms with Gasteiger partial charge >= 0.3 is 5.97 Å². The molecule has 2 nitrogen and oxygen atoms in total. The van der Waals surface area contributed by atoms with Gasteiger partial charge < -0.3 is 4.74 Å². The first-order valence-electron chi connectivity index (χ1n) is 4.11. The van der Waals surface area contributed by atoms with Crippen LogP contribution in [0.3, 0.4) is 0 Å². The van der Waals surface area contributed by atoms with E-state index in [0.29, 0.717) is 0 Å². The van der Waals surface area contributed by atoms with Crippen LogP contribution in [0.25, 0.3) is 0 Å². The van der Waals surface area contributed by atoms with Gasteiger partial charge in [0.1, 0.15) is 0 Å². The van der Waals surface area contributed by atoms with Crippen molar-refractivity contribution >= 4 is 21.9 Å². The molecule has 1 aromatic carbocycles. The molecule has 0 bridgehead atoms. The van der Waals surface area contributed by atoms with E-state index in [1.165, 1.54) is 0 Å². The van der Waals surface area contributed by atoms with E-state index in [-0.39, 0.29) is 0 Å². The van der Waals surface area contributed by atoms with E-state index in [1.54, 1.807) is 0 Å². The molecule has 0 fully saturated rings. The molecule has 15 heavy (non-hydrogen) atoms. The van der Waals surface area contributed by atoms with Crippen LogP contribution < -0.4 is 0 Å². The molecule has 0 aliphatic carbocycles. The molecular formula is C12H7BrO2. The summed E-state index contributed by atoms with van der Waals surface area (Å²) in [5.74, 6) is 3.85. The van der Waals surface area contributed by atoms with E-state index in [9.17, 15) is 4.79 Å². The summed E-state index contributed by atoms with van der Waals surface area (Å²) in [7, 11) is 0. The van der Waals surface area contributed by atoms with Crippen molar-refractivity contribution in [1.29, 1.82) is 0 Å². The highest BCUT2D eigenvalue weighted by atomic mass is 79.9. The molecule has 74 valence electrons. The molecule has 0 saturated carbocycles. The van der Waals surface area contributed by atoms with Crippen molar-refractivity contribution in [1.82, 2.24) is 0 Å². The molecule has 1 unspecified atom stereocenters. The van der Waals surface area contributed by atoms with Gasteiger partial charge in [0.2, 0.25) is 0 Å². The minimum absolute atomic E-state index is 0.630. The number of halogens is 1. The normalized spacial score (nSPS) is 10.4. The fraction of sp³-hybridized carbons (Fsp3) is 0.0833. The average molecular weight is 263 g/mol. The molecule has 0 heterocycles. The Morgan fingerprint density at radius 1 is 1.40 bits per heavy atom. The average Bonchev–Trinajstić information content (AvgIpc) is 2.29. The Balaban J connectivity index is 2.88. The number of benzene rings is 1. The zero-order valence-electron chi connectivity index (χ0n) is 7.74. The molecule has 0 aliphatic rings. The lowest BCUT2D eigenvalue weighted by molar-refractivity contribution is -0.139. The van der Waals surface area contributed by atoms with Crippen LogP contribution in [0, 0.1) is 23.1 Å². The van der Waals surface area contributed by atoms with Crippen LogP contribution in [-0.4, -0.2) is 5.97 Å². The molecule has 1 aromatic rings. The van der Waals surface area contributed by atoms with Crippen LogP contribution in [-0.2, 0) is 9.53 Å². The lowest BCUT2D eigenvalue weighted by atomic mass is 10.1. The summed E-state index contributed by atoms with van der Waals surface area (Å²) in [5.41, 5.74) is 0.785. The van der Waals surface area contributed by atoms with Crippen LogP contribution in [0.15, 0.2) is 30.3 Å². The molecule has 0 radical (unpaired) electrons. The first kappa shape index (κ1) is 11.4. The third kappa shape index (κ3) is 3.50. The highest BCUT2D eigenvalue weighted by Gasteiger charge is 2.11. The summed E-state index contributed by atoms with van der Waals surface area (Å²) in [6.45, 7) is 0. The Hall–Kier alpha value is -1.71. The maximum atomic E-state index is 10.9. The minimum atomic E-state index is -0.723. The summed E-state index contributed by atoms with van der Waals surface area (Å²) in [5, 5.41) is 0. The molecule has 3 heteroatoms. The Bertz CT molecular complexity index is 434. The first-order valence-corrected chi connectivity index (χ1v) is 4.90. The van der Waals surface area contributed by atoms with Crippen molar-refractivity contribution in [2.24, 2.45) is 0 Å². The van der Waals surface area contributed by atoms with E-state index >= 15 is 0 Å². The number of esters is 1. The van der Waals surface area contributed by atoms with Crippen molar-refractivity contribution in [3.8, 4) is 23.1 Å². The molecular weight excluding hydrogens is 256 g/mol. The second-order valence-corrected chi connectivity index (χ2v) is 2.98. The third-order valence-corrected chi connectivity index (χ3v) is 1.86. The Kier molecular flexibility index (Phi) is 4.47. The van der Waals surface area contributed by atoms with Gasteiger partial charge in [-0.05, 0) is 10.8 Å². The maximum Gasteiger partial charge on any atom is 0.385 e. The standard InChI is InChI=1S/C12H7BrO2/c1-2-12(14)15-11(8-9-13)10-6-4-3-5-7-10/h1,3-7,11H. The minimum Gasteiger partial charge on any atom is -0.435 e.